The third-order valence-corrected chi connectivity index (χ3v) is 4.76. The van der Waals surface area contributed by atoms with Crippen molar-refractivity contribution < 1.29 is 4.74 Å². The van der Waals surface area contributed by atoms with Gasteiger partial charge in [-0.1, -0.05) is 121 Å². The van der Waals surface area contributed by atoms with Crippen LogP contribution in [-0.4, -0.2) is 5.06 Å². The minimum atomic E-state index is -1.46. The van der Waals surface area contributed by atoms with Crippen molar-refractivity contribution in [3.05, 3.63) is 72.9 Å². The first-order valence-electron chi connectivity index (χ1n) is 10.8. The van der Waals surface area contributed by atoms with Crippen LogP contribution in [0, 0.1) is 18.3 Å². The topological polar surface area (TPSA) is 35.2 Å². The van der Waals surface area contributed by atoms with Crippen molar-refractivity contribution in [3.63, 3.8) is 0 Å². The van der Waals surface area contributed by atoms with Crippen LogP contribution in [0.1, 0.15) is 64.0 Å². The first-order chi connectivity index (χ1) is 14.4. The van der Waals surface area contributed by atoms with Gasteiger partial charge in [-0.15, -0.1) is 19.1 Å². The number of nitrogens with two attached hydrogens (primary N) is 1. The molecule has 0 aliphatic heterocycles. The van der Waals surface area contributed by atoms with E-state index in [0.717, 1.165) is 17.0 Å². The number of ether oxygens (including phenoxy) is 1. The smallest absolute Gasteiger partial charge is 0.267 e. The highest BCUT2D eigenvalue weighted by Gasteiger charge is 2.21. The Morgan fingerprint density at radius 2 is 1.87 bits per heavy atom. The molecule has 0 spiro atoms. The summed E-state index contributed by atoms with van der Waals surface area (Å²) in [7, 11) is 0. The summed E-state index contributed by atoms with van der Waals surface area (Å²) in [6.07, 6.45) is 24.5. The number of para-hydroxylation sites is 1. The van der Waals surface area contributed by atoms with Gasteiger partial charge in [0.2, 0.25) is 0 Å². The molecule has 3 heteroatoms. The molecule has 0 saturated heterocycles. The van der Waals surface area contributed by atoms with E-state index in [1.165, 1.54) is 32.1 Å². The van der Waals surface area contributed by atoms with Crippen molar-refractivity contribution >= 4 is 18.7 Å². The SMILES string of the molecule is C#CC(N)(S)Oc1c(C=C)cccc1C/C=C\C=C/C=C.CC.CC1CCCCC1. The molecule has 1 atom stereocenters. The van der Waals surface area contributed by atoms with Crippen LogP contribution in [0.3, 0.4) is 0 Å². The van der Waals surface area contributed by atoms with E-state index in [1.807, 2.05) is 56.4 Å². The molecular formula is C27H39NOS. The second-order valence-corrected chi connectivity index (χ2v) is 7.64. The van der Waals surface area contributed by atoms with E-state index in [4.69, 9.17) is 16.9 Å². The number of rotatable bonds is 7. The Kier molecular flexibility index (Phi) is 15.4. The summed E-state index contributed by atoms with van der Waals surface area (Å²) in [4.78, 5) is 0. The molecule has 30 heavy (non-hydrogen) atoms. The van der Waals surface area contributed by atoms with Crippen LogP contribution >= 0.6 is 12.6 Å². The van der Waals surface area contributed by atoms with Gasteiger partial charge in [0.25, 0.3) is 5.06 Å². The van der Waals surface area contributed by atoms with Crippen LogP contribution in [0.2, 0.25) is 0 Å². The first-order valence-corrected chi connectivity index (χ1v) is 11.2. The van der Waals surface area contributed by atoms with Gasteiger partial charge in [-0.05, 0) is 23.8 Å². The van der Waals surface area contributed by atoms with Gasteiger partial charge in [0.1, 0.15) is 5.75 Å². The summed E-state index contributed by atoms with van der Waals surface area (Å²) in [5.74, 6) is 3.93. The molecule has 0 radical (unpaired) electrons. The van der Waals surface area contributed by atoms with Crippen molar-refractivity contribution in [1.29, 1.82) is 0 Å². The van der Waals surface area contributed by atoms with E-state index in [-0.39, 0.29) is 0 Å². The average Bonchev–Trinajstić information content (AvgIpc) is 2.76. The molecule has 2 nitrogen and oxygen atoms in total. The van der Waals surface area contributed by atoms with Crippen molar-refractivity contribution in [2.75, 3.05) is 0 Å². The molecule has 2 rings (SSSR count). The fraction of sp³-hybridized carbons (Fsp3) is 0.407. The highest BCUT2D eigenvalue weighted by atomic mass is 32.1. The van der Waals surface area contributed by atoms with Crippen LogP contribution in [0.15, 0.2) is 61.7 Å². The van der Waals surface area contributed by atoms with E-state index < -0.39 is 5.06 Å². The van der Waals surface area contributed by atoms with Gasteiger partial charge in [0.05, 0.1) is 0 Å². The summed E-state index contributed by atoms with van der Waals surface area (Å²) < 4.78 is 5.65. The number of terminal acetylenes is 1. The summed E-state index contributed by atoms with van der Waals surface area (Å²) >= 11 is 4.11. The quantitative estimate of drug-likeness (QED) is 0.207. The van der Waals surface area contributed by atoms with E-state index in [2.05, 4.69) is 38.6 Å². The maximum atomic E-state index is 5.77. The summed E-state index contributed by atoms with van der Waals surface area (Å²) in [5, 5.41) is -1.46. The Bertz CT molecular complexity index is 719. The third-order valence-electron chi connectivity index (χ3n) is 4.54. The number of benzene rings is 1. The van der Waals surface area contributed by atoms with Gasteiger partial charge in [-0.2, -0.15) is 0 Å². The normalized spacial score (nSPS) is 15.7. The fourth-order valence-electron chi connectivity index (χ4n) is 2.96. The number of thiol groups is 1. The third kappa shape index (κ3) is 11.8. The second-order valence-electron chi connectivity index (χ2n) is 6.98. The summed E-state index contributed by atoms with van der Waals surface area (Å²) in [6, 6.07) is 5.76. The van der Waals surface area contributed by atoms with E-state index in [9.17, 15) is 0 Å². The van der Waals surface area contributed by atoms with Crippen molar-refractivity contribution in [2.24, 2.45) is 11.7 Å². The Morgan fingerprint density at radius 1 is 1.20 bits per heavy atom. The lowest BCUT2D eigenvalue weighted by Crippen LogP contribution is -2.38. The molecule has 1 aromatic carbocycles. The highest BCUT2D eigenvalue weighted by Crippen LogP contribution is 2.29. The Morgan fingerprint density at radius 3 is 2.37 bits per heavy atom. The predicted molar refractivity (Wildman–Crippen MR) is 138 cm³/mol. The second kappa shape index (κ2) is 16.6. The zero-order valence-electron chi connectivity index (χ0n) is 18.9. The summed E-state index contributed by atoms with van der Waals surface area (Å²) in [6.45, 7) is 13.7. The highest BCUT2D eigenvalue weighted by molar-refractivity contribution is 7.81. The van der Waals surface area contributed by atoms with Gasteiger partial charge in [0.15, 0.2) is 0 Å². The molecule has 1 aliphatic rings. The fourth-order valence-corrected chi connectivity index (χ4v) is 3.05. The van der Waals surface area contributed by atoms with Gasteiger partial charge in [-0.25, -0.2) is 0 Å². The van der Waals surface area contributed by atoms with Crippen molar-refractivity contribution in [1.82, 2.24) is 0 Å². The first kappa shape index (κ1) is 27.8. The number of hydrogen-bond acceptors (Lipinski definition) is 3. The lowest BCUT2D eigenvalue weighted by atomic mass is 9.91. The van der Waals surface area contributed by atoms with E-state index in [1.54, 1.807) is 12.2 Å². The maximum Gasteiger partial charge on any atom is 0.267 e. The molecule has 1 saturated carbocycles. The van der Waals surface area contributed by atoms with Gasteiger partial charge in [0, 0.05) is 5.56 Å². The van der Waals surface area contributed by atoms with Crippen LogP contribution in [0.4, 0.5) is 0 Å². The predicted octanol–water partition coefficient (Wildman–Crippen LogP) is 7.34. The molecule has 0 aromatic heterocycles. The molecular weight excluding hydrogens is 386 g/mol. The standard InChI is InChI=1S/C18H19NOS.C7H14.C2H6/c1-4-7-8-9-10-12-16-14-11-13-15(5-2)17(16)20-18(19,21)6-3;1-7-5-3-2-4-6-7;1-2/h3-5,7-11,13-14,21H,1-2,12,19H2;7H,2-6H2,1H3;1-2H3/b8-7-,10-9-;;. The van der Waals surface area contributed by atoms with E-state index >= 15 is 0 Å². The zero-order chi connectivity index (χ0) is 22.8. The molecule has 0 bridgehead atoms. The summed E-state index contributed by atoms with van der Waals surface area (Å²) in [5.41, 5.74) is 7.54. The molecule has 1 aromatic rings. The van der Waals surface area contributed by atoms with Crippen LogP contribution in [0.25, 0.3) is 6.08 Å². The molecule has 0 heterocycles. The van der Waals surface area contributed by atoms with Gasteiger partial charge < -0.3 is 4.74 Å². The molecule has 0 amide bonds. The maximum absolute atomic E-state index is 5.77. The van der Waals surface area contributed by atoms with Gasteiger partial charge >= 0.3 is 0 Å². The van der Waals surface area contributed by atoms with Gasteiger partial charge in [-0.3, -0.25) is 5.73 Å². The zero-order valence-corrected chi connectivity index (χ0v) is 19.8. The minimum Gasteiger partial charge on any atom is -0.452 e. The van der Waals surface area contributed by atoms with Crippen molar-refractivity contribution in [3.8, 4) is 18.1 Å². The van der Waals surface area contributed by atoms with Crippen LogP contribution < -0.4 is 10.5 Å². The Hall–Kier alpha value is -2.15. The van der Waals surface area contributed by atoms with Crippen LogP contribution in [0.5, 0.6) is 5.75 Å². The number of hydrogen-bond donors (Lipinski definition) is 2. The minimum absolute atomic E-state index is 0.598. The average molecular weight is 426 g/mol. The van der Waals surface area contributed by atoms with Crippen LogP contribution in [-0.2, 0) is 6.42 Å². The number of allylic oxidation sites excluding steroid dienone is 5. The molecule has 2 N–H and O–H groups in total. The molecule has 1 aliphatic carbocycles. The Labute approximate surface area is 190 Å². The lowest BCUT2D eigenvalue weighted by molar-refractivity contribution is 0.233. The molecule has 164 valence electrons. The molecule has 1 fully saturated rings. The van der Waals surface area contributed by atoms with Crippen molar-refractivity contribution in [2.45, 2.75) is 64.4 Å². The molecule has 1 unspecified atom stereocenters. The monoisotopic (exact) mass is 425 g/mol. The Balaban J connectivity index is 0.000000775. The largest absolute Gasteiger partial charge is 0.452 e. The van der Waals surface area contributed by atoms with E-state index in [0.29, 0.717) is 12.2 Å². The lowest BCUT2D eigenvalue weighted by Gasteiger charge is -2.22.